The lowest BCUT2D eigenvalue weighted by Crippen LogP contribution is -1.96. The van der Waals surface area contributed by atoms with Gasteiger partial charge < -0.3 is 4.52 Å². The number of rotatable bonds is 4. The molecule has 0 aliphatic carbocycles. The van der Waals surface area contributed by atoms with E-state index in [4.69, 9.17) is 21.0 Å². The lowest BCUT2D eigenvalue weighted by molar-refractivity contribution is 0.366. The number of nitrogens with zero attached hydrogens (tertiary/aromatic N) is 1. The minimum Gasteiger partial charge on any atom is -0.331 e. The molecule has 9 heavy (non-hydrogen) atoms. The molecule has 1 unspecified atom stereocenters. The number of hydrogen-bond donors (Lipinski definition) is 1. The van der Waals surface area contributed by atoms with Gasteiger partial charge in [-0.3, -0.25) is 5.09 Å². The van der Waals surface area contributed by atoms with Crippen LogP contribution in [-0.4, -0.2) is 13.7 Å². The maximum atomic E-state index is 8.07. The molecular weight excluding hydrogens is 158 g/mol. The van der Waals surface area contributed by atoms with Gasteiger partial charge in [0, 0.05) is 0 Å². The lowest BCUT2D eigenvalue weighted by atomic mass is 10.5. The van der Waals surface area contributed by atoms with E-state index in [-0.39, 0.29) is 0 Å². The van der Waals surface area contributed by atoms with E-state index in [0.29, 0.717) is 13.0 Å². The zero-order chi connectivity index (χ0) is 7.11. The number of nitriles is 1. The Morgan fingerprint density at radius 3 is 3.00 bits per heavy atom. The van der Waals surface area contributed by atoms with Gasteiger partial charge in [0.1, 0.15) is 0 Å². The van der Waals surface area contributed by atoms with E-state index >= 15 is 0 Å². The maximum Gasteiger partial charge on any atom is 0.203 e. The topological polar surface area (TPSA) is 45.0 Å². The van der Waals surface area contributed by atoms with E-state index in [0.717, 1.165) is 0 Å². The summed E-state index contributed by atoms with van der Waals surface area (Å²) >= 11 is 5.52. The molecular formula is C4H8ClN2OP. The first-order valence-corrected chi connectivity index (χ1v) is 4.61. The second-order valence-electron chi connectivity index (χ2n) is 1.21. The van der Waals surface area contributed by atoms with Gasteiger partial charge in [0.2, 0.25) is 7.65 Å². The zero-order valence-corrected chi connectivity index (χ0v) is 6.75. The molecule has 5 heteroatoms. The molecule has 0 bridgehead atoms. The Hall–Kier alpha value is 0.130. The van der Waals surface area contributed by atoms with Crippen LogP contribution in [0.3, 0.4) is 0 Å². The molecule has 0 aromatic heterocycles. The molecule has 0 fully saturated rings. The van der Waals surface area contributed by atoms with Gasteiger partial charge in [-0.2, -0.15) is 5.26 Å². The summed E-state index contributed by atoms with van der Waals surface area (Å²) in [6.45, 7) is 0.409. The fourth-order valence-corrected chi connectivity index (χ4v) is 0.824. The quantitative estimate of drug-likeness (QED) is 0.510. The molecule has 1 N–H and O–H groups in total. The van der Waals surface area contributed by atoms with Gasteiger partial charge in [-0.1, -0.05) is 0 Å². The van der Waals surface area contributed by atoms with Crippen LogP contribution in [0.4, 0.5) is 0 Å². The van der Waals surface area contributed by atoms with Crippen molar-refractivity contribution in [1.82, 2.24) is 5.09 Å². The number of hydrogen-bond acceptors (Lipinski definition) is 3. The van der Waals surface area contributed by atoms with Crippen LogP contribution < -0.4 is 5.09 Å². The summed E-state index contributed by atoms with van der Waals surface area (Å²) in [5, 5.41) is 10.8. The maximum absolute atomic E-state index is 8.07. The average molecular weight is 167 g/mol. The van der Waals surface area contributed by atoms with Crippen LogP contribution in [0.1, 0.15) is 6.42 Å². The van der Waals surface area contributed by atoms with Gasteiger partial charge in [-0.15, -0.1) is 0 Å². The van der Waals surface area contributed by atoms with Crippen molar-refractivity contribution in [2.24, 2.45) is 0 Å². The fraction of sp³-hybridized carbons (Fsp3) is 0.750. The Morgan fingerprint density at radius 2 is 2.56 bits per heavy atom. The highest BCUT2D eigenvalue weighted by Crippen LogP contribution is 2.36. The molecule has 0 saturated carbocycles. The first kappa shape index (κ1) is 9.13. The zero-order valence-electron chi connectivity index (χ0n) is 5.09. The molecule has 0 spiro atoms. The highest BCUT2D eigenvalue weighted by molar-refractivity contribution is 7.78. The third-order valence-electron chi connectivity index (χ3n) is 0.594. The Kier molecular flexibility index (Phi) is 6.34. The van der Waals surface area contributed by atoms with Crippen LogP contribution in [0.25, 0.3) is 0 Å². The standard InChI is InChI=1S/C4H8ClN2OP/c1-7-9(5)8-4-2-3-6/h7H,2,4H2,1H3. The van der Waals surface area contributed by atoms with Crippen molar-refractivity contribution in [2.75, 3.05) is 13.7 Å². The van der Waals surface area contributed by atoms with Gasteiger partial charge in [-0.25, -0.2) is 0 Å². The molecule has 0 aliphatic heterocycles. The van der Waals surface area contributed by atoms with E-state index < -0.39 is 7.65 Å². The first-order chi connectivity index (χ1) is 4.31. The smallest absolute Gasteiger partial charge is 0.203 e. The number of halogens is 1. The van der Waals surface area contributed by atoms with Crippen molar-refractivity contribution in [3.05, 3.63) is 0 Å². The minimum absolute atomic E-state index is 0.396. The minimum atomic E-state index is -1.02. The van der Waals surface area contributed by atoms with Gasteiger partial charge in [0.25, 0.3) is 0 Å². The van der Waals surface area contributed by atoms with Crippen molar-refractivity contribution < 1.29 is 4.52 Å². The molecule has 0 aliphatic rings. The Labute approximate surface area is 60.6 Å². The predicted molar refractivity (Wildman–Crippen MR) is 38.0 cm³/mol. The van der Waals surface area contributed by atoms with Crippen molar-refractivity contribution in [3.63, 3.8) is 0 Å². The van der Waals surface area contributed by atoms with Crippen LogP contribution >= 0.6 is 18.9 Å². The monoisotopic (exact) mass is 166 g/mol. The summed E-state index contributed by atoms with van der Waals surface area (Å²) in [4.78, 5) is 0. The van der Waals surface area contributed by atoms with E-state index in [9.17, 15) is 0 Å². The van der Waals surface area contributed by atoms with Crippen LogP contribution in [0, 0.1) is 11.3 Å². The van der Waals surface area contributed by atoms with Crippen molar-refractivity contribution in [1.29, 1.82) is 5.26 Å². The lowest BCUT2D eigenvalue weighted by Gasteiger charge is -2.04. The second kappa shape index (κ2) is 6.25. The Morgan fingerprint density at radius 1 is 1.89 bits per heavy atom. The highest BCUT2D eigenvalue weighted by atomic mass is 35.7. The van der Waals surface area contributed by atoms with Crippen LogP contribution in [-0.2, 0) is 4.52 Å². The molecule has 0 heterocycles. The van der Waals surface area contributed by atoms with Gasteiger partial charge in [-0.05, 0) is 18.3 Å². The highest BCUT2D eigenvalue weighted by Gasteiger charge is 1.98. The molecule has 0 amide bonds. The summed E-state index contributed by atoms with van der Waals surface area (Å²) in [6.07, 6.45) is 0.396. The third-order valence-corrected chi connectivity index (χ3v) is 2.16. The summed E-state index contributed by atoms with van der Waals surface area (Å²) < 4.78 is 4.93. The number of nitrogens with one attached hydrogen (secondary N) is 1. The van der Waals surface area contributed by atoms with E-state index in [1.165, 1.54) is 0 Å². The Balaban J connectivity index is 2.99. The SMILES string of the molecule is CNP(Cl)OCCC#N. The fourth-order valence-electron chi connectivity index (χ4n) is 0.236. The van der Waals surface area contributed by atoms with Crippen LogP contribution in [0.5, 0.6) is 0 Å². The van der Waals surface area contributed by atoms with Crippen LogP contribution in [0.2, 0.25) is 0 Å². The van der Waals surface area contributed by atoms with Gasteiger partial charge >= 0.3 is 0 Å². The molecule has 0 rings (SSSR count). The third kappa shape index (κ3) is 6.01. The predicted octanol–water partition coefficient (Wildman–Crippen LogP) is 1.60. The summed E-state index contributed by atoms with van der Waals surface area (Å²) in [5.41, 5.74) is 0. The summed E-state index contributed by atoms with van der Waals surface area (Å²) in [6, 6.07) is 1.95. The molecule has 0 saturated heterocycles. The van der Waals surface area contributed by atoms with Crippen molar-refractivity contribution in [2.45, 2.75) is 6.42 Å². The summed E-state index contributed by atoms with van der Waals surface area (Å²) in [5.74, 6) is 0. The Bertz CT molecular complexity index is 105. The molecule has 0 radical (unpaired) electrons. The van der Waals surface area contributed by atoms with Gasteiger partial charge in [0.05, 0.1) is 19.1 Å². The van der Waals surface area contributed by atoms with E-state index in [1.807, 2.05) is 6.07 Å². The van der Waals surface area contributed by atoms with Crippen LogP contribution in [0.15, 0.2) is 0 Å². The van der Waals surface area contributed by atoms with E-state index in [1.54, 1.807) is 7.05 Å². The average Bonchev–Trinajstić information content (AvgIpc) is 1.89. The first-order valence-electron chi connectivity index (χ1n) is 2.44. The van der Waals surface area contributed by atoms with Crippen molar-refractivity contribution in [3.8, 4) is 6.07 Å². The van der Waals surface area contributed by atoms with E-state index in [2.05, 4.69) is 5.09 Å². The molecule has 52 valence electrons. The van der Waals surface area contributed by atoms with Gasteiger partial charge in [0.15, 0.2) is 0 Å². The molecule has 0 aromatic rings. The largest absolute Gasteiger partial charge is 0.331 e. The van der Waals surface area contributed by atoms with Crippen molar-refractivity contribution >= 4 is 18.9 Å². The second-order valence-corrected chi connectivity index (χ2v) is 3.33. The molecule has 1 atom stereocenters. The normalized spacial score (nSPS) is 12.6. The molecule has 3 nitrogen and oxygen atoms in total. The summed E-state index contributed by atoms with van der Waals surface area (Å²) in [7, 11) is 0.695. The molecule has 0 aromatic carbocycles.